The Labute approximate surface area is 121 Å². The third-order valence-corrected chi connectivity index (χ3v) is 3.19. The molecule has 1 aliphatic heterocycles. The van der Waals surface area contributed by atoms with Crippen molar-refractivity contribution >= 4 is 23.4 Å². The summed E-state index contributed by atoms with van der Waals surface area (Å²) in [5.74, 6) is -1.84. The summed E-state index contributed by atoms with van der Waals surface area (Å²) < 4.78 is 0. The van der Waals surface area contributed by atoms with E-state index in [9.17, 15) is 14.4 Å². The number of phenols is 1. The average Bonchev–Trinajstić information content (AvgIpc) is 3.01. The van der Waals surface area contributed by atoms with Crippen LogP contribution in [0.2, 0.25) is 0 Å². The molecule has 1 aromatic carbocycles. The molecule has 1 aromatic rings. The first kappa shape index (κ1) is 14.8. The maximum atomic E-state index is 11.7. The standard InChI is InChI=1S/C14H17N3O4/c18-11-5-3-10(4-6-11)16-14(21)13(20)15-9-12(19)17-7-1-2-8-17/h3-6,18H,1-2,7-9H2,(H,15,20)(H,16,21). The molecule has 0 aliphatic carbocycles. The number of hydrogen-bond acceptors (Lipinski definition) is 4. The molecule has 0 unspecified atom stereocenters. The van der Waals surface area contributed by atoms with Crippen LogP contribution in [0.1, 0.15) is 12.8 Å². The monoisotopic (exact) mass is 291 g/mol. The van der Waals surface area contributed by atoms with Gasteiger partial charge in [-0.3, -0.25) is 14.4 Å². The quantitative estimate of drug-likeness (QED) is 0.542. The fourth-order valence-corrected chi connectivity index (χ4v) is 2.05. The number of likely N-dealkylation sites (tertiary alicyclic amines) is 1. The van der Waals surface area contributed by atoms with E-state index in [1.54, 1.807) is 4.90 Å². The Bertz CT molecular complexity index is 536. The number of benzene rings is 1. The van der Waals surface area contributed by atoms with E-state index in [2.05, 4.69) is 10.6 Å². The fraction of sp³-hybridized carbons (Fsp3) is 0.357. The lowest BCUT2D eigenvalue weighted by Gasteiger charge is -2.15. The summed E-state index contributed by atoms with van der Waals surface area (Å²) in [4.78, 5) is 36.6. The lowest BCUT2D eigenvalue weighted by molar-refractivity contribution is -0.138. The summed E-state index contributed by atoms with van der Waals surface area (Å²) in [7, 11) is 0. The Morgan fingerprint density at radius 1 is 1.05 bits per heavy atom. The highest BCUT2D eigenvalue weighted by atomic mass is 16.3. The molecule has 3 N–H and O–H groups in total. The second-order valence-corrected chi connectivity index (χ2v) is 4.77. The third kappa shape index (κ3) is 4.20. The van der Waals surface area contributed by atoms with Crippen molar-refractivity contribution in [1.82, 2.24) is 10.2 Å². The zero-order valence-corrected chi connectivity index (χ0v) is 11.5. The second kappa shape index (κ2) is 6.74. The molecule has 2 rings (SSSR count). The molecule has 1 fully saturated rings. The highest BCUT2D eigenvalue weighted by molar-refractivity contribution is 6.39. The first-order valence-corrected chi connectivity index (χ1v) is 6.72. The lowest BCUT2D eigenvalue weighted by Crippen LogP contribution is -2.42. The van der Waals surface area contributed by atoms with Crippen LogP contribution in [0.5, 0.6) is 5.75 Å². The van der Waals surface area contributed by atoms with Crippen molar-refractivity contribution in [1.29, 1.82) is 0 Å². The van der Waals surface area contributed by atoms with Crippen molar-refractivity contribution in [2.45, 2.75) is 12.8 Å². The summed E-state index contributed by atoms with van der Waals surface area (Å²) in [6, 6.07) is 5.72. The predicted molar refractivity (Wildman–Crippen MR) is 75.6 cm³/mol. The predicted octanol–water partition coefficient (Wildman–Crippen LogP) is 0.0693. The van der Waals surface area contributed by atoms with Gasteiger partial charge in [-0.2, -0.15) is 0 Å². The number of nitrogens with zero attached hydrogens (tertiary/aromatic N) is 1. The second-order valence-electron chi connectivity index (χ2n) is 4.77. The van der Waals surface area contributed by atoms with Gasteiger partial charge in [-0.1, -0.05) is 0 Å². The number of carbonyl (C=O) groups excluding carboxylic acids is 3. The number of nitrogens with one attached hydrogen (secondary N) is 2. The zero-order valence-electron chi connectivity index (χ0n) is 11.5. The molecule has 1 heterocycles. The van der Waals surface area contributed by atoms with Gasteiger partial charge in [0.25, 0.3) is 0 Å². The van der Waals surface area contributed by atoms with Crippen LogP contribution in [0.4, 0.5) is 5.69 Å². The van der Waals surface area contributed by atoms with Gasteiger partial charge in [-0.05, 0) is 37.1 Å². The minimum atomic E-state index is -0.865. The Kier molecular flexibility index (Phi) is 4.76. The molecular weight excluding hydrogens is 274 g/mol. The molecule has 0 radical (unpaired) electrons. The zero-order chi connectivity index (χ0) is 15.2. The van der Waals surface area contributed by atoms with E-state index < -0.39 is 11.8 Å². The molecule has 1 aliphatic rings. The number of phenolic OH excluding ortho intramolecular Hbond substituents is 1. The average molecular weight is 291 g/mol. The lowest BCUT2D eigenvalue weighted by atomic mass is 10.3. The van der Waals surface area contributed by atoms with Crippen LogP contribution in [0, 0.1) is 0 Å². The van der Waals surface area contributed by atoms with Crippen LogP contribution in [0.25, 0.3) is 0 Å². The maximum Gasteiger partial charge on any atom is 0.313 e. The number of carbonyl (C=O) groups is 3. The van der Waals surface area contributed by atoms with Crippen molar-refractivity contribution in [3.05, 3.63) is 24.3 Å². The van der Waals surface area contributed by atoms with Gasteiger partial charge < -0.3 is 20.6 Å². The summed E-state index contributed by atoms with van der Waals surface area (Å²) in [6.45, 7) is 1.23. The van der Waals surface area contributed by atoms with E-state index in [0.717, 1.165) is 12.8 Å². The van der Waals surface area contributed by atoms with Crippen molar-refractivity contribution < 1.29 is 19.5 Å². The van der Waals surface area contributed by atoms with Crippen LogP contribution in [0.3, 0.4) is 0 Å². The van der Waals surface area contributed by atoms with Crippen LogP contribution in [0.15, 0.2) is 24.3 Å². The number of hydrogen-bond donors (Lipinski definition) is 3. The summed E-state index contributed by atoms with van der Waals surface area (Å²) in [5.41, 5.74) is 0.388. The van der Waals surface area contributed by atoms with Crippen LogP contribution in [-0.2, 0) is 14.4 Å². The number of anilines is 1. The third-order valence-electron chi connectivity index (χ3n) is 3.19. The van der Waals surface area contributed by atoms with Crippen molar-refractivity contribution in [2.24, 2.45) is 0 Å². The Morgan fingerprint density at radius 2 is 1.67 bits per heavy atom. The number of rotatable bonds is 3. The molecule has 0 saturated carbocycles. The van der Waals surface area contributed by atoms with Gasteiger partial charge >= 0.3 is 11.8 Å². The molecule has 0 atom stereocenters. The maximum absolute atomic E-state index is 11.7. The van der Waals surface area contributed by atoms with Gasteiger partial charge in [0.1, 0.15) is 5.75 Å². The first-order valence-electron chi connectivity index (χ1n) is 6.72. The molecule has 0 bridgehead atoms. The van der Waals surface area contributed by atoms with Crippen molar-refractivity contribution in [3.8, 4) is 5.75 Å². The van der Waals surface area contributed by atoms with Crippen LogP contribution in [-0.4, -0.2) is 47.4 Å². The molecule has 7 nitrogen and oxygen atoms in total. The molecule has 0 aromatic heterocycles. The molecule has 3 amide bonds. The molecule has 1 saturated heterocycles. The topological polar surface area (TPSA) is 98.7 Å². The van der Waals surface area contributed by atoms with Gasteiger partial charge in [-0.25, -0.2) is 0 Å². The van der Waals surface area contributed by atoms with Gasteiger partial charge in [0, 0.05) is 18.8 Å². The SMILES string of the molecule is O=C(NCC(=O)N1CCCC1)C(=O)Nc1ccc(O)cc1. The molecule has 112 valence electrons. The first-order chi connectivity index (χ1) is 10.1. The molecule has 0 spiro atoms. The normalized spacial score (nSPS) is 13.8. The van der Waals surface area contributed by atoms with E-state index in [1.165, 1.54) is 24.3 Å². The number of amides is 3. The highest BCUT2D eigenvalue weighted by Gasteiger charge is 2.20. The van der Waals surface area contributed by atoms with Gasteiger partial charge in [0.15, 0.2) is 0 Å². The Balaban J connectivity index is 1.78. The minimum absolute atomic E-state index is 0.0636. The van der Waals surface area contributed by atoms with Crippen molar-refractivity contribution in [3.63, 3.8) is 0 Å². The van der Waals surface area contributed by atoms with E-state index in [0.29, 0.717) is 18.8 Å². The molecule has 7 heteroatoms. The Morgan fingerprint density at radius 3 is 2.29 bits per heavy atom. The minimum Gasteiger partial charge on any atom is -0.508 e. The van der Waals surface area contributed by atoms with Crippen LogP contribution >= 0.6 is 0 Å². The largest absolute Gasteiger partial charge is 0.508 e. The van der Waals surface area contributed by atoms with E-state index in [4.69, 9.17) is 5.11 Å². The van der Waals surface area contributed by atoms with Crippen molar-refractivity contribution in [2.75, 3.05) is 25.0 Å². The van der Waals surface area contributed by atoms with E-state index >= 15 is 0 Å². The number of aromatic hydroxyl groups is 1. The van der Waals surface area contributed by atoms with E-state index in [-0.39, 0.29) is 18.2 Å². The summed E-state index contributed by atoms with van der Waals surface area (Å²) >= 11 is 0. The summed E-state index contributed by atoms with van der Waals surface area (Å²) in [6.07, 6.45) is 1.95. The van der Waals surface area contributed by atoms with Gasteiger partial charge in [0.05, 0.1) is 6.54 Å². The smallest absolute Gasteiger partial charge is 0.313 e. The summed E-state index contributed by atoms with van der Waals surface area (Å²) in [5, 5.41) is 13.8. The highest BCUT2D eigenvalue weighted by Crippen LogP contribution is 2.13. The molecular formula is C14H17N3O4. The van der Waals surface area contributed by atoms with E-state index in [1.807, 2.05) is 0 Å². The fourth-order valence-electron chi connectivity index (χ4n) is 2.05. The molecule has 21 heavy (non-hydrogen) atoms. The van der Waals surface area contributed by atoms with Gasteiger partial charge in [-0.15, -0.1) is 0 Å². The van der Waals surface area contributed by atoms with Crippen LogP contribution < -0.4 is 10.6 Å². The Hall–Kier alpha value is -2.57. The van der Waals surface area contributed by atoms with Gasteiger partial charge in [0.2, 0.25) is 5.91 Å².